The summed E-state index contributed by atoms with van der Waals surface area (Å²) in [6, 6.07) is 4.29. The molecule has 1 aromatic rings. The van der Waals surface area contributed by atoms with Crippen LogP contribution >= 0.6 is 23.2 Å². The van der Waals surface area contributed by atoms with Crippen LogP contribution in [0.25, 0.3) is 0 Å². The minimum atomic E-state index is -1.60. The summed E-state index contributed by atoms with van der Waals surface area (Å²) in [5.41, 5.74) is -1.51. The average molecular weight is 398 g/mol. The van der Waals surface area contributed by atoms with E-state index >= 15 is 0 Å². The second kappa shape index (κ2) is 6.37. The van der Waals surface area contributed by atoms with Gasteiger partial charge in [-0.15, -0.1) is 0 Å². The van der Waals surface area contributed by atoms with Gasteiger partial charge in [-0.05, 0) is 18.2 Å². The first-order valence-electron chi connectivity index (χ1n) is 7.49. The molecule has 26 heavy (non-hydrogen) atoms. The molecule has 8 nitrogen and oxygen atoms in total. The first kappa shape index (κ1) is 18.3. The molecule has 1 fully saturated rings. The smallest absolute Gasteiger partial charge is 0.354 e. The van der Waals surface area contributed by atoms with Crippen molar-refractivity contribution in [2.45, 2.75) is 25.3 Å². The van der Waals surface area contributed by atoms with E-state index in [1.807, 2.05) is 0 Å². The van der Waals surface area contributed by atoms with Crippen LogP contribution in [-0.2, 0) is 23.9 Å². The Morgan fingerprint density at radius 2 is 1.77 bits per heavy atom. The molecule has 0 N–H and O–H groups in total. The summed E-state index contributed by atoms with van der Waals surface area (Å²) in [7, 11) is 1.16. The molecule has 0 unspecified atom stereocenters. The molecule has 0 bridgehead atoms. The molecule has 1 aromatic carbocycles. The van der Waals surface area contributed by atoms with Crippen molar-refractivity contribution in [1.29, 1.82) is 0 Å². The van der Waals surface area contributed by atoms with Crippen LogP contribution < -0.4 is 4.90 Å². The van der Waals surface area contributed by atoms with Gasteiger partial charge in [-0.2, -0.15) is 5.10 Å². The number of benzene rings is 1. The number of carbonyl (C=O) groups is 4. The lowest BCUT2D eigenvalue weighted by Crippen LogP contribution is -2.51. The Kier molecular flexibility index (Phi) is 4.49. The van der Waals surface area contributed by atoms with Gasteiger partial charge in [0.2, 0.25) is 11.8 Å². The number of hydrazone groups is 1. The number of esters is 1. The Hall–Kier alpha value is -2.45. The van der Waals surface area contributed by atoms with Crippen molar-refractivity contribution in [2.75, 3.05) is 12.0 Å². The fourth-order valence-electron chi connectivity index (χ4n) is 3.17. The fourth-order valence-corrected chi connectivity index (χ4v) is 3.68. The van der Waals surface area contributed by atoms with E-state index in [4.69, 9.17) is 23.2 Å². The number of ether oxygens (including phenoxy) is 1. The van der Waals surface area contributed by atoms with E-state index in [0.717, 1.165) is 17.0 Å². The number of amides is 3. The third-order valence-electron chi connectivity index (χ3n) is 4.21. The van der Waals surface area contributed by atoms with Crippen molar-refractivity contribution >= 4 is 58.3 Å². The van der Waals surface area contributed by atoms with Crippen molar-refractivity contribution in [1.82, 2.24) is 5.01 Å². The van der Waals surface area contributed by atoms with E-state index in [1.54, 1.807) is 0 Å². The Labute approximate surface area is 158 Å². The standard InChI is InChI=1S/C16H13Cl2N3O5/c1-8(22)21-16(6-12(19-21)14(24)26-2)7-13(23)20(15(16)25)11-4-9(17)3-10(18)5-11/h3-5H,6-7H2,1-2H3/t16-/m1/s1. The monoisotopic (exact) mass is 397 g/mol. The Morgan fingerprint density at radius 3 is 2.31 bits per heavy atom. The SMILES string of the molecule is COC(=O)C1=NN(C(C)=O)[C@@]2(CC(=O)N(c3cc(Cl)cc(Cl)c3)C2=O)C1. The highest BCUT2D eigenvalue weighted by molar-refractivity contribution is 6.40. The summed E-state index contributed by atoms with van der Waals surface area (Å²) >= 11 is 11.9. The van der Waals surface area contributed by atoms with Crippen LogP contribution in [0.2, 0.25) is 10.0 Å². The van der Waals surface area contributed by atoms with E-state index < -0.39 is 29.2 Å². The lowest BCUT2D eigenvalue weighted by molar-refractivity contribution is -0.141. The second-order valence-electron chi connectivity index (χ2n) is 5.92. The lowest BCUT2D eigenvalue weighted by Gasteiger charge is -2.28. The van der Waals surface area contributed by atoms with E-state index in [1.165, 1.54) is 25.1 Å². The zero-order valence-corrected chi connectivity index (χ0v) is 15.3. The highest BCUT2D eigenvalue weighted by Crippen LogP contribution is 2.41. The summed E-state index contributed by atoms with van der Waals surface area (Å²) < 4.78 is 4.62. The molecule has 136 valence electrons. The van der Waals surface area contributed by atoms with E-state index in [9.17, 15) is 19.2 Å². The fraction of sp³-hybridized carbons (Fsp3) is 0.312. The molecule has 1 spiro atoms. The zero-order valence-electron chi connectivity index (χ0n) is 13.8. The summed E-state index contributed by atoms with van der Waals surface area (Å²) in [4.78, 5) is 50.5. The minimum absolute atomic E-state index is 0.102. The summed E-state index contributed by atoms with van der Waals surface area (Å²) in [5.74, 6) is -2.58. The maximum atomic E-state index is 13.1. The highest BCUT2D eigenvalue weighted by Gasteiger charge is 2.61. The first-order valence-corrected chi connectivity index (χ1v) is 8.25. The van der Waals surface area contributed by atoms with E-state index in [0.29, 0.717) is 0 Å². The maximum absolute atomic E-state index is 13.1. The first-order chi connectivity index (χ1) is 12.2. The van der Waals surface area contributed by atoms with Gasteiger partial charge in [0, 0.05) is 23.4 Å². The van der Waals surface area contributed by atoms with Gasteiger partial charge in [0.25, 0.3) is 5.91 Å². The summed E-state index contributed by atoms with van der Waals surface area (Å²) in [6.07, 6.45) is -0.534. The van der Waals surface area contributed by atoms with Crippen LogP contribution in [0.15, 0.2) is 23.3 Å². The molecule has 0 aliphatic carbocycles. The van der Waals surface area contributed by atoms with Crippen molar-refractivity contribution in [3.8, 4) is 0 Å². The van der Waals surface area contributed by atoms with Gasteiger partial charge < -0.3 is 4.74 Å². The second-order valence-corrected chi connectivity index (χ2v) is 6.79. The molecular formula is C16H13Cl2N3O5. The average Bonchev–Trinajstić information content (AvgIpc) is 3.04. The van der Waals surface area contributed by atoms with Crippen LogP contribution in [0.4, 0.5) is 5.69 Å². The molecule has 1 atom stereocenters. The van der Waals surface area contributed by atoms with Gasteiger partial charge in [0.05, 0.1) is 19.2 Å². The number of nitrogens with zero attached hydrogens (tertiary/aromatic N) is 3. The number of hydrogen-bond donors (Lipinski definition) is 0. The third-order valence-corrected chi connectivity index (χ3v) is 4.64. The molecule has 0 aromatic heterocycles. The van der Waals surface area contributed by atoms with Gasteiger partial charge in [-0.3, -0.25) is 14.4 Å². The normalized spacial score (nSPS) is 22.2. The molecule has 3 amide bonds. The number of carbonyl (C=O) groups excluding carboxylic acids is 4. The van der Waals surface area contributed by atoms with Crippen LogP contribution in [0.5, 0.6) is 0 Å². The van der Waals surface area contributed by atoms with Crippen molar-refractivity contribution in [3.05, 3.63) is 28.2 Å². The Bertz CT molecular complexity index is 864. The Morgan fingerprint density at radius 1 is 1.15 bits per heavy atom. The van der Waals surface area contributed by atoms with Crippen molar-refractivity contribution in [3.63, 3.8) is 0 Å². The number of hydrogen-bond acceptors (Lipinski definition) is 6. The molecule has 2 heterocycles. The Balaban J connectivity index is 2.04. The molecule has 2 aliphatic rings. The topological polar surface area (TPSA) is 96.3 Å². The predicted molar refractivity (Wildman–Crippen MR) is 92.9 cm³/mol. The van der Waals surface area contributed by atoms with Gasteiger partial charge >= 0.3 is 5.97 Å². The molecule has 0 saturated carbocycles. The number of rotatable bonds is 2. The number of methoxy groups -OCH3 is 1. The largest absolute Gasteiger partial charge is 0.464 e. The van der Waals surface area contributed by atoms with Crippen LogP contribution in [0.3, 0.4) is 0 Å². The van der Waals surface area contributed by atoms with Gasteiger partial charge in [-0.1, -0.05) is 23.2 Å². The minimum Gasteiger partial charge on any atom is -0.464 e. The quantitative estimate of drug-likeness (QED) is 0.559. The van der Waals surface area contributed by atoms with Gasteiger partial charge in [-0.25, -0.2) is 14.7 Å². The molecule has 2 aliphatic heterocycles. The van der Waals surface area contributed by atoms with Crippen molar-refractivity contribution in [2.24, 2.45) is 5.10 Å². The molecular weight excluding hydrogens is 385 g/mol. The summed E-state index contributed by atoms with van der Waals surface area (Å²) in [5, 5.41) is 5.29. The number of anilines is 1. The van der Waals surface area contributed by atoms with Crippen molar-refractivity contribution < 1.29 is 23.9 Å². The van der Waals surface area contributed by atoms with Crippen LogP contribution in [-0.4, -0.2) is 47.1 Å². The van der Waals surface area contributed by atoms with Gasteiger partial charge in [0.1, 0.15) is 5.71 Å². The summed E-state index contributed by atoms with van der Waals surface area (Å²) in [6.45, 7) is 1.20. The van der Waals surface area contributed by atoms with E-state index in [-0.39, 0.29) is 34.3 Å². The van der Waals surface area contributed by atoms with E-state index in [2.05, 4.69) is 9.84 Å². The third kappa shape index (κ3) is 2.75. The van der Waals surface area contributed by atoms with Crippen LogP contribution in [0.1, 0.15) is 19.8 Å². The molecule has 10 heteroatoms. The maximum Gasteiger partial charge on any atom is 0.354 e. The lowest BCUT2D eigenvalue weighted by atomic mass is 9.91. The predicted octanol–water partition coefficient (Wildman–Crippen LogP) is 1.78. The zero-order chi connectivity index (χ0) is 19.2. The number of halogens is 2. The highest BCUT2D eigenvalue weighted by atomic mass is 35.5. The van der Waals surface area contributed by atoms with Crippen LogP contribution in [0, 0.1) is 0 Å². The van der Waals surface area contributed by atoms with Gasteiger partial charge in [0.15, 0.2) is 5.54 Å². The number of imide groups is 1. The molecule has 3 rings (SSSR count). The molecule has 1 saturated heterocycles. The molecule has 0 radical (unpaired) electrons.